The number of amides is 1. The molecule has 1 heterocycles. The van der Waals surface area contributed by atoms with Gasteiger partial charge in [-0.05, 0) is 19.1 Å². The standard InChI is InChI=1S/C14H15NO5/c1-2-19-14(18)7-10(16)8-15-11-5-3-4-6-12(11)20-9-13(15)17/h3-6H,2,7-9H2,1H3. The highest BCUT2D eigenvalue weighted by Crippen LogP contribution is 2.31. The molecule has 0 unspecified atom stereocenters. The zero-order valence-corrected chi connectivity index (χ0v) is 11.1. The molecule has 0 N–H and O–H groups in total. The van der Waals surface area contributed by atoms with Crippen LogP contribution in [0.15, 0.2) is 24.3 Å². The number of carbonyl (C=O) groups is 3. The van der Waals surface area contributed by atoms with Crippen molar-refractivity contribution < 1.29 is 23.9 Å². The van der Waals surface area contributed by atoms with E-state index in [2.05, 4.69) is 0 Å². The van der Waals surface area contributed by atoms with Gasteiger partial charge < -0.3 is 9.47 Å². The van der Waals surface area contributed by atoms with E-state index in [4.69, 9.17) is 9.47 Å². The van der Waals surface area contributed by atoms with Gasteiger partial charge in [-0.3, -0.25) is 19.3 Å². The minimum Gasteiger partial charge on any atom is -0.482 e. The smallest absolute Gasteiger partial charge is 0.313 e. The quantitative estimate of drug-likeness (QED) is 0.591. The van der Waals surface area contributed by atoms with Crippen molar-refractivity contribution in [3.05, 3.63) is 24.3 Å². The summed E-state index contributed by atoms with van der Waals surface area (Å²) < 4.78 is 9.98. The molecule has 0 saturated carbocycles. The highest BCUT2D eigenvalue weighted by molar-refractivity contribution is 6.05. The van der Waals surface area contributed by atoms with Gasteiger partial charge in [-0.1, -0.05) is 12.1 Å². The lowest BCUT2D eigenvalue weighted by atomic mass is 10.2. The van der Waals surface area contributed by atoms with Crippen LogP contribution in [0.3, 0.4) is 0 Å². The van der Waals surface area contributed by atoms with Crippen LogP contribution in [0.2, 0.25) is 0 Å². The summed E-state index contributed by atoms with van der Waals surface area (Å²) in [5.41, 5.74) is 0.543. The van der Waals surface area contributed by atoms with Crippen LogP contribution in [0.5, 0.6) is 5.75 Å². The summed E-state index contributed by atoms with van der Waals surface area (Å²) in [6, 6.07) is 6.96. The van der Waals surface area contributed by atoms with Gasteiger partial charge in [-0.2, -0.15) is 0 Å². The van der Waals surface area contributed by atoms with Crippen molar-refractivity contribution in [2.45, 2.75) is 13.3 Å². The van der Waals surface area contributed by atoms with Crippen LogP contribution in [0.4, 0.5) is 5.69 Å². The highest BCUT2D eigenvalue weighted by Gasteiger charge is 2.27. The summed E-state index contributed by atoms with van der Waals surface area (Å²) >= 11 is 0. The monoisotopic (exact) mass is 277 g/mol. The Morgan fingerprint density at radius 2 is 2.10 bits per heavy atom. The number of benzene rings is 1. The molecule has 1 aromatic carbocycles. The van der Waals surface area contributed by atoms with Crippen molar-refractivity contribution in [2.75, 3.05) is 24.7 Å². The van der Waals surface area contributed by atoms with Crippen LogP contribution in [-0.4, -0.2) is 37.4 Å². The molecule has 0 fully saturated rings. The third-order valence-corrected chi connectivity index (χ3v) is 2.79. The Morgan fingerprint density at radius 1 is 1.35 bits per heavy atom. The van der Waals surface area contributed by atoms with Crippen molar-refractivity contribution >= 4 is 23.3 Å². The Kier molecular flexibility index (Phi) is 4.34. The van der Waals surface area contributed by atoms with Crippen molar-refractivity contribution in [3.63, 3.8) is 0 Å². The molecule has 20 heavy (non-hydrogen) atoms. The number of nitrogens with zero attached hydrogens (tertiary/aromatic N) is 1. The second-order valence-corrected chi connectivity index (χ2v) is 4.26. The Hall–Kier alpha value is -2.37. The number of rotatable bonds is 5. The molecule has 0 saturated heterocycles. The average Bonchev–Trinajstić information content (AvgIpc) is 2.42. The number of hydrogen-bond acceptors (Lipinski definition) is 5. The maximum Gasteiger partial charge on any atom is 0.313 e. The first kappa shape index (κ1) is 14.0. The van der Waals surface area contributed by atoms with Gasteiger partial charge in [-0.15, -0.1) is 0 Å². The van der Waals surface area contributed by atoms with E-state index in [1.54, 1.807) is 31.2 Å². The van der Waals surface area contributed by atoms with Gasteiger partial charge in [0.05, 0.1) is 18.8 Å². The Bertz CT molecular complexity index is 540. The molecule has 0 radical (unpaired) electrons. The zero-order chi connectivity index (χ0) is 14.5. The van der Waals surface area contributed by atoms with Crippen LogP contribution in [0, 0.1) is 0 Å². The maximum atomic E-state index is 11.8. The topological polar surface area (TPSA) is 72.9 Å². The van der Waals surface area contributed by atoms with Crippen LogP contribution in [-0.2, 0) is 19.1 Å². The average molecular weight is 277 g/mol. The van der Waals surface area contributed by atoms with E-state index in [0.29, 0.717) is 11.4 Å². The van der Waals surface area contributed by atoms with Crippen molar-refractivity contribution in [1.29, 1.82) is 0 Å². The van der Waals surface area contributed by atoms with E-state index >= 15 is 0 Å². The normalized spacial score (nSPS) is 13.4. The molecule has 0 bridgehead atoms. The Labute approximate surface area is 116 Å². The highest BCUT2D eigenvalue weighted by atomic mass is 16.5. The summed E-state index contributed by atoms with van der Waals surface area (Å²) in [4.78, 5) is 36.2. The van der Waals surface area contributed by atoms with E-state index in [1.165, 1.54) is 4.90 Å². The van der Waals surface area contributed by atoms with E-state index in [0.717, 1.165) is 0 Å². The number of fused-ring (bicyclic) bond motifs is 1. The minimum atomic E-state index is -0.577. The number of ketones is 1. The van der Waals surface area contributed by atoms with Crippen LogP contribution in [0.25, 0.3) is 0 Å². The molecule has 106 valence electrons. The number of carbonyl (C=O) groups excluding carboxylic acids is 3. The number of anilines is 1. The van der Waals surface area contributed by atoms with Crippen molar-refractivity contribution in [2.24, 2.45) is 0 Å². The Balaban J connectivity index is 2.07. The Morgan fingerprint density at radius 3 is 2.85 bits per heavy atom. The van der Waals surface area contributed by atoms with E-state index in [9.17, 15) is 14.4 Å². The first-order valence-electron chi connectivity index (χ1n) is 6.31. The lowest BCUT2D eigenvalue weighted by molar-refractivity contribution is -0.145. The number of para-hydroxylation sites is 2. The molecule has 0 spiro atoms. The van der Waals surface area contributed by atoms with Gasteiger partial charge in [0.15, 0.2) is 12.4 Å². The van der Waals surface area contributed by atoms with Crippen LogP contribution in [0.1, 0.15) is 13.3 Å². The summed E-state index contributed by atoms with van der Waals surface area (Å²) in [7, 11) is 0. The molecular formula is C14H15NO5. The van der Waals surface area contributed by atoms with Gasteiger partial charge in [0.25, 0.3) is 5.91 Å². The lowest BCUT2D eigenvalue weighted by Crippen LogP contribution is -2.42. The molecule has 6 heteroatoms. The fraction of sp³-hybridized carbons (Fsp3) is 0.357. The number of Topliss-reactive ketones (excluding diaryl/α,β-unsaturated/α-hetero) is 1. The van der Waals surface area contributed by atoms with Crippen LogP contribution < -0.4 is 9.64 Å². The molecule has 1 amide bonds. The van der Waals surface area contributed by atoms with Gasteiger partial charge in [0, 0.05) is 0 Å². The van der Waals surface area contributed by atoms with Gasteiger partial charge in [0.2, 0.25) is 0 Å². The molecule has 1 aromatic rings. The fourth-order valence-corrected chi connectivity index (χ4v) is 1.93. The van der Waals surface area contributed by atoms with Crippen molar-refractivity contribution in [1.82, 2.24) is 0 Å². The largest absolute Gasteiger partial charge is 0.482 e. The molecule has 0 aromatic heterocycles. The third kappa shape index (κ3) is 3.14. The van der Waals surface area contributed by atoms with Crippen LogP contribution >= 0.6 is 0 Å². The number of esters is 1. The molecule has 2 rings (SSSR count). The molecule has 0 aliphatic carbocycles. The van der Waals surface area contributed by atoms with E-state index < -0.39 is 5.97 Å². The number of hydrogen-bond donors (Lipinski definition) is 0. The summed E-state index contributed by atoms with van der Waals surface area (Å²) in [6.45, 7) is 1.64. The van der Waals surface area contributed by atoms with E-state index in [-0.39, 0.29) is 37.9 Å². The summed E-state index contributed by atoms with van der Waals surface area (Å²) in [6.07, 6.45) is -0.333. The zero-order valence-electron chi connectivity index (χ0n) is 11.1. The summed E-state index contributed by atoms with van der Waals surface area (Å²) in [5, 5.41) is 0. The molecule has 1 aliphatic heterocycles. The lowest BCUT2D eigenvalue weighted by Gasteiger charge is -2.28. The minimum absolute atomic E-state index is 0.107. The predicted octanol–water partition coefficient (Wildman–Crippen LogP) is 0.934. The fourth-order valence-electron chi connectivity index (χ4n) is 1.93. The maximum absolute atomic E-state index is 11.8. The summed E-state index contributed by atoms with van der Waals surface area (Å²) in [5.74, 6) is -0.697. The predicted molar refractivity (Wildman–Crippen MR) is 70.5 cm³/mol. The SMILES string of the molecule is CCOC(=O)CC(=O)CN1C(=O)COc2ccccc21. The third-order valence-electron chi connectivity index (χ3n) is 2.79. The first-order chi connectivity index (χ1) is 9.61. The second kappa shape index (κ2) is 6.18. The number of ether oxygens (including phenoxy) is 2. The van der Waals surface area contributed by atoms with E-state index in [1.807, 2.05) is 0 Å². The molecule has 6 nitrogen and oxygen atoms in total. The first-order valence-corrected chi connectivity index (χ1v) is 6.31. The molecule has 0 atom stereocenters. The second-order valence-electron chi connectivity index (χ2n) is 4.26. The van der Waals surface area contributed by atoms with Gasteiger partial charge in [-0.25, -0.2) is 0 Å². The molecular weight excluding hydrogens is 262 g/mol. The molecule has 1 aliphatic rings. The van der Waals surface area contributed by atoms with Crippen molar-refractivity contribution in [3.8, 4) is 5.75 Å². The van der Waals surface area contributed by atoms with Gasteiger partial charge in [0.1, 0.15) is 12.2 Å². The van der Waals surface area contributed by atoms with Gasteiger partial charge >= 0.3 is 5.97 Å².